The monoisotopic (exact) mass is 209 g/mol. The fourth-order valence-corrected chi connectivity index (χ4v) is 1.59. The van der Waals surface area contributed by atoms with Crippen LogP contribution in [0.3, 0.4) is 0 Å². The first-order valence-corrected chi connectivity index (χ1v) is 4.60. The normalized spacial score (nSPS) is 13.5. The topological polar surface area (TPSA) is 42.2 Å². The molecule has 1 aliphatic heterocycles. The maximum atomic E-state index is 8.81. The van der Waals surface area contributed by atoms with Gasteiger partial charge in [0.05, 0.1) is 10.6 Å². The Kier molecular flexibility index (Phi) is 2.22. The Morgan fingerprint density at radius 1 is 1.43 bits per heavy atom. The highest BCUT2D eigenvalue weighted by Crippen LogP contribution is 2.39. The number of benzene rings is 1. The summed E-state index contributed by atoms with van der Waals surface area (Å²) in [6.07, 6.45) is 0. The van der Waals surface area contributed by atoms with Gasteiger partial charge in [0, 0.05) is 11.6 Å². The van der Waals surface area contributed by atoms with Crippen LogP contribution in [0.5, 0.6) is 11.5 Å². The first-order chi connectivity index (χ1) is 6.74. The van der Waals surface area contributed by atoms with E-state index in [1.165, 1.54) is 0 Å². The van der Waals surface area contributed by atoms with Crippen molar-refractivity contribution in [2.45, 2.75) is 6.92 Å². The summed E-state index contributed by atoms with van der Waals surface area (Å²) in [6, 6.07) is 3.63. The lowest BCUT2D eigenvalue weighted by Crippen LogP contribution is -2.16. The number of ether oxygens (including phenoxy) is 2. The Balaban J connectivity index is 2.64. The molecule has 0 unspecified atom stereocenters. The van der Waals surface area contributed by atoms with Gasteiger partial charge >= 0.3 is 0 Å². The summed E-state index contributed by atoms with van der Waals surface area (Å²) in [5.74, 6) is 1.26. The van der Waals surface area contributed by atoms with Gasteiger partial charge in [0.25, 0.3) is 0 Å². The molecule has 1 aromatic rings. The Bertz CT molecular complexity index is 423. The van der Waals surface area contributed by atoms with Gasteiger partial charge in [-0.1, -0.05) is 11.6 Å². The van der Waals surface area contributed by atoms with E-state index in [0.717, 1.165) is 5.56 Å². The van der Waals surface area contributed by atoms with E-state index in [0.29, 0.717) is 35.3 Å². The Labute approximate surface area is 86.8 Å². The number of nitriles is 1. The summed E-state index contributed by atoms with van der Waals surface area (Å²) >= 11 is 5.97. The lowest BCUT2D eigenvalue weighted by atomic mass is 10.1. The van der Waals surface area contributed by atoms with Crippen molar-refractivity contribution in [2.24, 2.45) is 0 Å². The van der Waals surface area contributed by atoms with Crippen molar-refractivity contribution in [3.8, 4) is 17.6 Å². The standard InChI is InChI=1S/C10H8ClNO2/c1-6-9(11)7(5-12)4-8-10(6)14-3-2-13-8/h4H,2-3H2,1H3. The molecule has 0 saturated heterocycles. The minimum absolute atomic E-state index is 0.424. The van der Waals surface area contributed by atoms with Crippen LogP contribution in [0.1, 0.15) is 11.1 Å². The smallest absolute Gasteiger partial charge is 0.165 e. The van der Waals surface area contributed by atoms with E-state index in [9.17, 15) is 0 Å². The molecule has 0 bridgehead atoms. The van der Waals surface area contributed by atoms with Gasteiger partial charge in [-0.3, -0.25) is 0 Å². The second-order valence-electron chi connectivity index (χ2n) is 3.00. The van der Waals surface area contributed by atoms with Gasteiger partial charge in [0.2, 0.25) is 0 Å². The predicted molar refractivity (Wildman–Crippen MR) is 51.9 cm³/mol. The fourth-order valence-electron chi connectivity index (χ4n) is 1.41. The maximum Gasteiger partial charge on any atom is 0.165 e. The van der Waals surface area contributed by atoms with E-state index >= 15 is 0 Å². The van der Waals surface area contributed by atoms with Gasteiger partial charge in [0.1, 0.15) is 19.3 Å². The highest BCUT2D eigenvalue weighted by Gasteiger charge is 2.19. The van der Waals surface area contributed by atoms with Crippen LogP contribution >= 0.6 is 11.6 Å². The van der Waals surface area contributed by atoms with E-state index in [1.807, 2.05) is 13.0 Å². The number of hydrogen-bond donors (Lipinski definition) is 0. The van der Waals surface area contributed by atoms with Crippen molar-refractivity contribution >= 4 is 11.6 Å². The SMILES string of the molecule is Cc1c(Cl)c(C#N)cc2c1OCCO2. The Morgan fingerprint density at radius 2 is 2.14 bits per heavy atom. The van der Waals surface area contributed by atoms with Crippen LogP contribution in [0.2, 0.25) is 5.02 Å². The summed E-state index contributed by atoms with van der Waals surface area (Å²) < 4.78 is 10.8. The van der Waals surface area contributed by atoms with Crippen molar-refractivity contribution in [2.75, 3.05) is 13.2 Å². The third-order valence-electron chi connectivity index (χ3n) is 2.11. The summed E-state index contributed by atoms with van der Waals surface area (Å²) in [7, 11) is 0. The van der Waals surface area contributed by atoms with Crippen LogP contribution in [0.15, 0.2) is 6.07 Å². The maximum absolute atomic E-state index is 8.81. The number of halogens is 1. The minimum atomic E-state index is 0.424. The molecule has 0 aliphatic carbocycles. The van der Waals surface area contributed by atoms with Gasteiger partial charge in [-0.25, -0.2) is 0 Å². The molecule has 72 valence electrons. The molecule has 1 aliphatic rings. The number of nitrogens with zero attached hydrogens (tertiary/aromatic N) is 1. The molecule has 2 rings (SSSR count). The summed E-state index contributed by atoms with van der Waals surface area (Å²) in [6.45, 7) is 2.85. The second-order valence-corrected chi connectivity index (χ2v) is 3.38. The third-order valence-corrected chi connectivity index (χ3v) is 2.60. The molecular formula is C10H8ClNO2. The van der Waals surface area contributed by atoms with Crippen LogP contribution in [-0.4, -0.2) is 13.2 Å². The number of rotatable bonds is 0. The molecule has 1 aromatic carbocycles. The quantitative estimate of drug-likeness (QED) is 0.659. The van der Waals surface area contributed by atoms with Crippen LogP contribution < -0.4 is 9.47 Å². The van der Waals surface area contributed by atoms with Crippen molar-refractivity contribution in [1.82, 2.24) is 0 Å². The predicted octanol–water partition coefficient (Wildman–Crippen LogP) is 2.29. The van der Waals surface area contributed by atoms with Crippen LogP contribution in [0, 0.1) is 18.3 Å². The molecule has 0 N–H and O–H groups in total. The van der Waals surface area contributed by atoms with Crippen molar-refractivity contribution < 1.29 is 9.47 Å². The lowest BCUT2D eigenvalue weighted by Gasteiger charge is -2.21. The number of fused-ring (bicyclic) bond motifs is 1. The zero-order valence-electron chi connectivity index (χ0n) is 7.63. The molecule has 0 fully saturated rings. The van der Waals surface area contributed by atoms with Gasteiger partial charge in [-0.15, -0.1) is 0 Å². The van der Waals surface area contributed by atoms with E-state index in [2.05, 4.69) is 0 Å². The highest BCUT2D eigenvalue weighted by atomic mass is 35.5. The summed E-state index contributed by atoms with van der Waals surface area (Å²) in [5.41, 5.74) is 1.19. The summed E-state index contributed by atoms with van der Waals surface area (Å²) in [5, 5.41) is 9.26. The molecule has 14 heavy (non-hydrogen) atoms. The molecule has 0 aromatic heterocycles. The second kappa shape index (κ2) is 3.39. The summed E-state index contributed by atoms with van der Waals surface area (Å²) in [4.78, 5) is 0. The highest BCUT2D eigenvalue weighted by molar-refractivity contribution is 6.32. The first-order valence-electron chi connectivity index (χ1n) is 4.23. The zero-order valence-corrected chi connectivity index (χ0v) is 8.39. The molecule has 4 heteroatoms. The Hall–Kier alpha value is -1.40. The average molecular weight is 210 g/mol. The Morgan fingerprint density at radius 3 is 2.86 bits per heavy atom. The van der Waals surface area contributed by atoms with Gasteiger partial charge in [0.15, 0.2) is 11.5 Å². The van der Waals surface area contributed by atoms with Crippen molar-refractivity contribution in [1.29, 1.82) is 5.26 Å². The molecule has 1 heterocycles. The lowest BCUT2D eigenvalue weighted by molar-refractivity contribution is 0.170. The first kappa shape index (κ1) is 9.17. The van der Waals surface area contributed by atoms with Crippen LogP contribution in [0.4, 0.5) is 0 Å². The van der Waals surface area contributed by atoms with Gasteiger partial charge in [-0.05, 0) is 6.92 Å². The molecule has 0 amide bonds. The third kappa shape index (κ3) is 1.28. The molecular weight excluding hydrogens is 202 g/mol. The van der Waals surface area contributed by atoms with E-state index in [-0.39, 0.29) is 0 Å². The molecule has 0 atom stereocenters. The van der Waals surface area contributed by atoms with Crippen LogP contribution in [-0.2, 0) is 0 Å². The van der Waals surface area contributed by atoms with Crippen molar-refractivity contribution in [3.05, 3.63) is 22.2 Å². The van der Waals surface area contributed by atoms with E-state index < -0.39 is 0 Å². The number of hydrogen-bond acceptors (Lipinski definition) is 3. The average Bonchev–Trinajstić information content (AvgIpc) is 2.23. The zero-order chi connectivity index (χ0) is 10.1. The van der Waals surface area contributed by atoms with Gasteiger partial charge < -0.3 is 9.47 Å². The van der Waals surface area contributed by atoms with E-state index in [1.54, 1.807) is 6.07 Å². The largest absolute Gasteiger partial charge is 0.486 e. The van der Waals surface area contributed by atoms with Crippen molar-refractivity contribution in [3.63, 3.8) is 0 Å². The van der Waals surface area contributed by atoms with Gasteiger partial charge in [-0.2, -0.15) is 5.26 Å². The molecule has 0 radical (unpaired) electrons. The molecule has 0 spiro atoms. The molecule has 3 nitrogen and oxygen atoms in total. The van der Waals surface area contributed by atoms with E-state index in [4.69, 9.17) is 26.3 Å². The fraction of sp³-hybridized carbons (Fsp3) is 0.300. The van der Waals surface area contributed by atoms with Crippen LogP contribution in [0.25, 0.3) is 0 Å². The molecule has 0 saturated carbocycles. The minimum Gasteiger partial charge on any atom is -0.486 e.